The summed E-state index contributed by atoms with van der Waals surface area (Å²) < 4.78 is 12.2. The molecule has 0 atom stereocenters. The fourth-order valence-corrected chi connectivity index (χ4v) is 4.68. The van der Waals surface area contributed by atoms with Gasteiger partial charge in [0.2, 0.25) is 0 Å². The van der Waals surface area contributed by atoms with E-state index in [1.807, 2.05) is 18.2 Å². The van der Waals surface area contributed by atoms with Crippen LogP contribution in [0.25, 0.3) is 33.3 Å². The fraction of sp³-hybridized carbons (Fsp3) is 0.323. The van der Waals surface area contributed by atoms with Crippen molar-refractivity contribution in [2.24, 2.45) is 0 Å². The molecule has 2 heterocycles. The maximum Gasteiger partial charge on any atom is 0.130 e. The Kier molecular flexibility index (Phi) is 7.59. The Balaban J connectivity index is 1.46. The predicted molar refractivity (Wildman–Crippen MR) is 144 cm³/mol. The number of benzene rings is 3. The number of likely N-dealkylation sites (tertiary alicyclic amines) is 1. The molecule has 0 saturated carbocycles. The van der Waals surface area contributed by atoms with Crippen LogP contribution in [-0.4, -0.2) is 42.7 Å². The van der Waals surface area contributed by atoms with Crippen molar-refractivity contribution in [3.63, 3.8) is 0 Å². The third kappa shape index (κ3) is 5.83. The lowest BCUT2D eigenvalue weighted by Gasteiger charge is -2.26. The molecule has 1 aliphatic rings. The lowest BCUT2D eigenvalue weighted by molar-refractivity contribution is 0.184. The van der Waals surface area contributed by atoms with Gasteiger partial charge < -0.3 is 9.47 Å². The highest BCUT2D eigenvalue weighted by Crippen LogP contribution is 2.34. The van der Waals surface area contributed by atoms with E-state index < -0.39 is 0 Å². The smallest absolute Gasteiger partial charge is 0.130 e. The first-order valence-corrected chi connectivity index (χ1v) is 12.9. The summed E-state index contributed by atoms with van der Waals surface area (Å²) in [7, 11) is 0. The molecule has 4 aromatic rings. The molecule has 3 aromatic carbocycles. The monoisotopic (exact) mass is 466 g/mol. The van der Waals surface area contributed by atoms with Crippen molar-refractivity contribution < 1.29 is 9.47 Å². The van der Waals surface area contributed by atoms with Crippen molar-refractivity contribution in [2.45, 2.75) is 32.6 Å². The van der Waals surface area contributed by atoms with Crippen LogP contribution in [0, 0.1) is 0 Å². The maximum atomic E-state index is 6.45. The molecular formula is C31H34N2O2. The molecule has 4 heteroatoms. The Hall–Kier alpha value is -3.37. The standard InChI is InChI=1S/C31H34N2O2/c1-2-20-34-27-14-11-25(12-15-27)30-23-31(35-21-19-33-17-7-4-8-18-33)28-22-26(13-16-29(28)32-30)24-9-5-3-6-10-24/h3,5-6,9-16,22-23H,2,4,7-8,17-21H2,1H3. The van der Waals surface area contributed by atoms with E-state index in [1.165, 1.54) is 43.5 Å². The zero-order valence-electron chi connectivity index (χ0n) is 20.6. The lowest BCUT2D eigenvalue weighted by atomic mass is 10.0. The zero-order chi connectivity index (χ0) is 23.9. The highest BCUT2D eigenvalue weighted by Gasteiger charge is 2.13. The predicted octanol–water partition coefficient (Wildman–Crippen LogP) is 7.22. The zero-order valence-corrected chi connectivity index (χ0v) is 20.6. The van der Waals surface area contributed by atoms with Gasteiger partial charge in [-0.1, -0.05) is 49.7 Å². The summed E-state index contributed by atoms with van der Waals surface area (Å²) in [6.45, 7) is 6.83. The molecule has 180 valence electrons. The Morgan fingerprint density at radius 3 is 2.29 bits per heavy atom. The second-order valence-electron chi connectivity index (χ2n) is 9.23. The van der Waals surface area contributed by atoms with E-state index in [4.69, 9.17) is 14.5 Å². The topological polar surface area (TPSA) is 34.6 Å². The van der Waals surface area contributed by atoms with Gasteiger partial charge in [-0.15, -0.1) is 0 Å². The van der Waals surface area contributed by atoms with E-state index >= 15 is 0 Å². The molecule has 0 unspecified atom stereocenters. The van der Waals surface area contributed by atoms with Gasteiger partial charge in [0.1, 0.15) is 18.1 Å². The summed E-state index contributed by atoms with van der Waals surface area (Å²) >= 11 is 0. The van der Waals surface area contributed by atoms with E-state index in [0.29, 0.717) is 6.61 Å². The Labute approximate surface area is 208 Å². The number of rotatable bonds is 9. The first-order valence-electron chi connectivity index (χ1n) is 12.9. The van der Waals surface area contributed by atoms with E-state index in [0.717, 1.165) is 53.2 Å². The van der Waals surface area contributed by atoms with Crippen LogP contribution in [0.4, 0.5) is 0 Å². The number of pyridine rings is 1. The summed E-state index contributed by atoms with van der Waals surface area (Å²) in [6.07, 6.45) is 4.93. The highest BCUT2D eigenvalue weighted by atomic mass is 16.5. The second kappa shape index (κ2) is 11.4. The molecule has 35 heavy (non-hydrogen) atoms. The molecule has 5 rings (SSSR count). The van der Waals surface area contributed by atoms with E-state index in [-0.39, 0.29) is 0 Å². The third-order valence-electron chi connectivity index (χ3n) is 6.61. The van der Waals surface area contributed by atoms with Gasteiger partial charge in [-0.2, -0.15) is 0 Å². The number of hydrogen-bond donors (Lipinski definition) is 0. The molecule has 0 aliphatic carbocycles. The van der Waals surface area contributed by atoms with Gasteiger partial charge in [0.15, 0.2) is 0 Å². The Bertz CT molecular complexity index is 1230. The van der Waals surface area contributed by atoms with Crippen LogP contribution < -0.4 is 9.47 Å². The second-order valence-corrected chi connectivity index (χ2v) is 9.23. The van der Waals surface area contributed by atoms with Gasteiger partial charge in [-0.25, -0.2) is 4.98 Å². The number of nitrogens with zero attached hydrogens (tertiary/aromatic N) is 2. The van der Waals surface area contributed by atoms with Crippen molar-refractivity contribution >= 4 is 10.9 Å². The van der Waals surface area contributed by atoms with E-state index in [9.17, 15) is 0 Å². The summed E-state index contributed by atoms with van der Waals surface area (Å²) in [5.41, 5.74) is 5.29. The molecule has 4 nitrogen and oxygen atoms in total. The van der Waals surface area contributed by atoms with Gasteiger partial charge in [0.25, 0.3) is 0 Å². The van der Waals surface area contributed by atoms with Gasteiger partial charge in [-0.05, 0) is 79.9 Å². The molecular weight excluding hydrogens is 432 g/mol. The Morgan fingerprint density at radius 1 is 0.743 bits per heavy atom. The Morgan fingerprint density at radius 2 is 1.51 bits per heavy atom. The average molecular weight is 467 g/mol. The van der Waals surface area contributed by atoms with Gasteiger partial charge >= 0.3 is 0 Å². The van der Waals surface area contributed by atoms with Crippen molar-refractivity contribution in [1.29, 1.82) is 0 Å². The maximum absolute atomic E-state index is 6.45. The number of aromatic nitrogens is 1. The highest BCUT2D eigenvalue weighted by molar-refractivity contribution is 5.91. The van der Waals surface area contributed by atoms with Crippen LogP contribution in [0.3, 0.4) is 0 Å². The van der Waals surface area contributed by atoms with Crippen LogP contribution >= 0.6 is 0 Å². The SMILES string of the molecule is CCCOc1ccc(-c2cc(OCCN3CCCCC3)c3cc(-c4ccccc4)ccc3n2)cc1. The third-order valence-corrected chi connectivity index (χ3v) is 6.61. The summed E-state index contributed by atoms with van der Waals surface area (Å²) in [5, 5.41) is 1.05. The molecule has 0 spiro atoms. The minimum absolute atomic E-state index is 0.678. The molecule has 0 amide bonds. The normalized spacial score (nSPS) is 14.2. The minimum Gasteiger partial charge on any atom is -0.494 e. The van der Waals surface area contributed by atoms with Gasteiger partial charge in [0, 0.05) is 23.6 Å². The van der Waals surface area contributed by atoms with Crippen LogP contribution in [0.1, 0.15) is 32.6 Å². The van der Waals surface area contributed by atoms with Crippen LogP contribution in [-0.2, 0) is 0 Å². The fourth-order valence-electron chi connectivity index (χ4n) is 4.68. The van der Waals surface area contributed by atoms with Crippen LogP contribution in [0.15, 0.2) is 78.9 Å². The summed E-state index contributed by atoms with van der Waals surface area (Å²) in [5.74, 6) is 1.79. The van der Waals surface area contributed by atoms with Crippen molar-refractivity contribution in [3.8, 4) is 33.9 Å². The van der Waals surface area contributed by atoms with Crippen LogP contribution in [0.5, 0.6) is 11.5 Å². The molecule has 1 fully saturated rings. The molecule has 1 aromatic heterocycles. The number of fused-ring (bicyclic) bond motifs is 1. The van der Waals surface area contributed by atoms with Crippen molar-refractivity contribution in [2.75, 3.05) is 32.8 Å². The summed E-state index contributed by atoms with van der Waals surface area (Å²) in [4.78, 5) is 7.51. The minimum atomic E-state index is 0.678. The first-order chi connectivity index (χ1) is 17.3. The number of piperidine rings is 1. The molecule has 0 radical (unpaired) electrons. The molecule has 1 saturated heterocycles. The van der Waals surface area contributed by atoms with Crippen molar-refractivity contribution in [3.05, 3.63) is 78.9 Å². The quantitative estimate of drug-likeness (QED) is 0.261. The number of ether oxygens (including phenoxy) is 2. The van der Waals surface area contributed by atoms with Crippen LogP contribution in [0.2, 0.25) is 0 Å². The van der Waals surface area contributed by atoms with E-state index in [2.05, 4.69) is 72.5 Å². The largest absolute Gasteiger partial charge is 0.494 e. The molecule has 0 bridgehead atoms. The van der Waals surface area contributed by atoms with Gasteiger partial charge in [0.05, 0.1) is 17.8 Å². The van der Waals surface area contributed by atoms with Gasteiger partial charge in [-0.3, -0.25) is 4.90 Å². The average Bonchev–Trinajstić information content (AvgIpc) is 2.93. The summed E-state index contributed by atoms with van der Waals surface area (Å²) in [6, 6.07) is 27.2. The van der Waals surface area contributed by atoms with Crippen molar-refractivity contribution in [1.82, 2.24) is 9.88 Å². The molecule has 1 aliphatic heterocycles. The number of hydrogen-bond acceptors (Lipinski definition) is 4. The van der Waals surface area contributed by atoms with E-state index in [1.54, 1.807) is 0 Å². The first kappa shape index (κ1) is 23.4. The molecule has 0 N–H and O–H groups in total. The lowest BCUT2D eigenvalue weighted by Crippen LogP contribution is -2.33.